The minimum absolute atomic E-state index is 0.167. The molecule has 1 aromatic carbocycles. The minimum Gasteiger partial charge on any atom is -0.496 e. The summed E-state index contributed by atoms with van der Waals surface area (Å²) < 4.78 is 27.5. The maximum Gasteiger partial charge on any atom is 0.408 e. The van der Waals surface area contributed by atoms with Crippen LogP contribution in [0.1, 0.15) is 37.5 Å². The molecule has 35 heavy (non-hydrogen) atoms. The average Bonchev–Trinajstić information content (AvgIpc) is 3.18. The highest BCUT2D eigenvalue weighted by Gasteiger charge is 2.56. The van der Waals surface area contributed by atoms with E-state index in [1.807, 2.05) is 18.2 Å². The number of carbonyl (C=O) groups is 4. The number of rotatable bonds is 3. The number of amides is 1. The van der Waals surface area contributed by atoms with Crippen LogP contribution in [0.15, 0.2) is 30.4 Å². The van der Waals surface area contributed by atoms with E-state index in [4.69, 9.17) is 23.7 Å². The first kappa shape index (κ1) is 24.6. The van der Waals surface area contributed by atoms with E-state index in [1.165, 1.54) is 19.1 Å². The molecule has 0 aromatic heterocycles. The molecule has 1 N–H and O–H groups in total. The molecule has 0 saturated heterocycles. The predicted molar refractivity (Wildman–Crippen MR) is 120 cm³/mol. The Balaban J connectivity index is 1.78. The monoisotopic (exact) mass is 487 g/mol. The summed E-state index contributed by atoms with van der Waals surface area (Å²) in [6.45, 7) is 3.16. The highest BCUT2D eigenvalue weighted by molar-refractivity contribution is 5.83. The Morgan fingerprint density at radius 1 is 1.17 bits per heavy atom. The summed E-state index contributed by atoms with van der Waals surface area (Å²) in [5.41, 5.74) is 1.62. The number of hydrogen-bond donors (Lipinski definition) is 1. The van der Waals surface area contributed by atoms with Crippen molar-refractivity contribution in [1.29, 1.82) is 0 Å². The number of carbonyl (C=O) groups excluding carboxylic acids is 4. The number of alkyl carbamates (subject to hydrolysis) is 1. The molecule has 4 rings (SSSR count). The lowest BCUT2D eigenvalue weighted by atomic mass is 9.72. The second-order valence-electron chi connectivity index (χ2n) is 8.77. The Kier molecular flexibility index (Phi) is 7.28. The third kappa shape index (κ3) is 4.96. The Bertz CT molecular complexity index is 1040. The van der Waals surface area contributed by atoms with Crippen LogP contribution in [-0.2, 0) is 39.8 Å². The summed E-state index contributed by atoms with van der Waals surface area (Å²) in [6.07, 6.45) is 0.943. The van der Waals surface area contributed by atoms with Gasteiger partial charge in [0, 0.05) is 17.6 Å². The molecule has 1 heterocycles. The van der Waals surface area contributed by atoms with Gasteiger partial charge in [0.2, 0.25) is 0 Å². The van der Waals surface area contributed by atoms with Crippen LogP contribution in [0.5, 0.6) is 5.75 Å². The molecule has 188 valence electrons. The molecule has 1 fully saturated rings. The van der Waals surface area contributed by atoms with Gasteiger partial charge in [-0.05, 0) is 50.3 Å². The molecule has 0 spiro atoms. The van der Waals surface area contributed by atoms with Crippen molar-refractivity contribution >= 4 is 24.0 Å². The van der Waals surface area contributed by atoms with Crippen molar-refractivity contribution in [3.63, 3.8) is 0 Å². The van der Waals surface area contributed by atoms with Crippen molar-refractivity contribution in [2.45, 2.75) is 44.9 Å². The summed E-state index contributed by atoms with van der Waals surface area (Å²) in [6, 6.07) is 4.50. The van der Waals surface area contributed by atoms with E-state index in [-0.39, 0.29) is 31.5 Å². The van der Waals surface area contributed by atoms with E-state index >= 15 is 0 Å². The fourth-order valence-corrected chi connectivity index (χ4v) is 5.28. The standard InChI is InChI=1S/C25H29NO9/c1-4-32-24(29)21-16-11-15-14(7-5-8-18(15)31-3)22-17(16)12-19(21)34-23(28)13(2)26-25(30)33-10-6-9-20(27)35-22/h5-9,13,16-17,19,21-22H,4,10-12H2,1-3H3,(H,26,30)/t13-,16+,17-,19+,21-,22-/m0/s1. The van der Waals surface area contributed by atoms with E-state index in [9.17, 15) is 19.2 Å². The first-order valence-electron chi connectivity index (χ1n) is 11.7. The molecule has 1 saturated carbocycles. The molecule has 2 aliphatic carbocycles. The molecule has 2 bridgehead atoms. The van der Waals surface area contributed by atoms with Crippen LogP contribution in [0.25, 0.3) is 0 Å². The normalized spacial score (nSPS) is 30.4. The van der Waals surface area contributed by atoms with Crippen molar-refractivity contribution < 1.29 is 42.9 Å². The van der Waals surface area contributed by atoms with Crippen LogP contribution < -0.4 is 10.1 Å². The van der Waals surface area contributed by atoms with E-state index in [0.717, 1.165) is 11.1 Å². The molecule has 10 heteroatoms. The SMILES string of the molecule is CCOC(=O)[C@H]1[C@@H]2Cc3c(OC)cccc3[C@@H]3OC(=O)C=CCOC(=O)N[C@@H](C)C(=O)O[C@@H]1C[C@@H]23. The van der Waals surface area contributed by atoms with Crippen molar-refractivity contribution in [1.82, 2.24) is 5.32 Å². The van der Waals surface area contributed by atoms with Gasteiger partial charge in [-0.15, -0.1) is 0 Å². The van der Waals surface area contributed by atoms with Gasteiger partial charge < -0.3 is 29.0 Å². The fourth-order valence-electron chi connectivity index (χ4n) is 5.28. The van der Waals surface area contributed by atoms with Crippen molar-refractivity contribution in [2.24, 2.45) is 17.8 Å². The second kappa shape index (κ2) is 10.4. The van der Waals surface area contributed by atoms with Gasteiger partial charge in [0.05, 0.1) is 19.6 Å². The zero-order chi connectivity index (χ0) is 25.1. The minimum atomic E-state index is -1.01. The van der Waals surface area contributed by atoms with Crippen LogP contribution in [-0.4, -0.2) is 56.5 Å². The van der Waals surface area contributed by atoms with Crippen LogP contribution in [0, 0.1) is 17.8 Å². The molecule has 0 unspecified atom stereocenters. The van der Waals surface area contributed by atoms with E-state index < -0.39 is 48.2 Å². The fraction of sp³-hybridized carbons (Fsp3) is 0.520. The molecule has 6 atom stereocenters. The largest absolute Gasteiger partial charge is 0.496 e. The summed E-state index contributed by atoms with van der Waals surface area (Å²) in [7, 11) is 1.56. The highest BCUT2D eigenvalue weighted by atomic mass is 16.6. The highest BCUT2D eigenvalue weighted by Crippen LogP contribution is 2.54. The number of cyclic esters (lactones) is 1. The Hall–Kier alpha value is -3.56. The number of ether oxygens (including phenoxy) is 5. The van der Waals surface area contributed by atoms with Gasteiger partial charge in [0.25, 0.3) is 0 Å². The lowest BCUT2D eigenvalue weighted by Crippen LogP contribution is -2.43. The van der Waals surface area contributed by atoms with Crippen LogP contribution in [0.4, 0.5) is 4.79 Å². The second-order valence-corrected chi connectivity index (χ2v) is 8.77. The van der Waals surface area contributed by atoms with Gasteiger partial charge in [0.15, 0.2) is 0 Å². The van der Waals surface area contributed by atoms with Crippen LogP contribution in [0.3, 0.4) is 0 Å². The predicted octanol–water partition coefficient (Wildman–Crippen LogP) is 2.25. The Labute approximate surface area is 202 Å². The zero-order valence-electron chi connectivity index (χ0n) is 19.9. The van der Waals surface area contributed by atoms with Gasteiger partial charge in [-0.2, -0.15) is 0 Å². The quantitative estimate of drug-likeness (QED) is 0.504. The molecular weight excluding hydrogens is 458 g/mol. The molecular formula is C25H29NO9. The number of nitrogens with one attached hydrogen (secondary N) is 1. The molecule has 1 aliphatic heterocycles. The molecule has 0 radical (unpaired) electrons. The number of fused-ring (bicyclic) bond motifs is 3. The molecule has 1 amide bonds. The first-order chi connectivity index (χ1) is 16.8. The lowest BCUT2D eigenvalue weighted by molar-refractivity contribution is -0.162. The van der Waals surface area contributed by atoms with Crippen molar-refractivity contribution in [2.75, 3.05) is 20.3 Å². The van der Waals surface area contributed by atoms with Crippen LogP contribution >= 0.6 is 0 Å². The topological polar surface area (TPSA) is 126 Å². The number of esters is 3. The van der Waals surface area contributed by atoms with Gasteiger partial charge in [-0.3, -0.25) is 4.79 Å². The zero-order valence-corrected chi connectivity index (χ0v) is 19.9. The van der Waals surface area contributed by atoms with Crippen molar-refractivity contribution in [3.05, 3.63) is 41.5 Å². The van der Waals surface area contributed by atoms with Gasteiger partial charge in [-0.1, -0.05) is 12.1 Å². The third-order valence-electron chi connectivity index (χ3n) is 6.76. The van der Waals surface area contributed by atoms with E-state index in [1.54, 1.807) is 14.0 Å². The number of benzene rings is 1. The molecule has 1 aromatic rings. The lowest BCUT2D eigenvalue weighted by Gasteiger charge is -2.36. The Morgan fingerprint density at radius 3 is 2.71 bits per heavy atom. The van der Waals surface area contributed by atoms with Crippen molar-refractivity contribution in [3.8, 4) is 5.75 Å². The maximum atomic E-state index is 13.1. The smallest absolute Gasteiger partial charge is 0.408 e. The van der Waals surface area contributed by atoms with E-state index in [2.05, 4.69) is 5.32 Å². The number of hydrogen-bond acceptors (Lipinski definition) is 9. The van der Waals surface area contributed by atoms with Gasteiger partial charge in [0.1, 0.15) is 30.6 Å². The summed E-state index contributed by atoms with van der Waals surface area (Å²) in [4.78, 5) is 50.5. The van der Waals surface area contributed by atoms with Gasteiger partial charge in [-0.25, -0.2) is 14.4 Å². The maximum absolute atomic E-state index is 13.1. The Morgan fingerprint density at radius 2 is 1.97 bits per heavy atom. The average molecular weight is 488 g/mol. The number of methoxy groups -OCH3 is 1. The first-order valence-corrected chi connectivity index (χ1v) is 11.7. The summed E-state index contributed by atoms with van der Waals surface area (Å²) in [5.74, 6) is -2.57. The molecule has 10 nitrogen and oxygen atoms in total. The summed E-state index contributed by atoms with van der Waals surface area (Å²) in [5, 5.41) is 2.39. The van der Waals surface area contributed by atoms with Crippen LogP contribution in [0.2, 0.25) is 0 Å². The summed E-state index contributed by atoms with van der Waals surface area (Å²) >= 11 is 0. The third-order valence-corrected chi connectivity index (χ3v) is 6.76. The molecule has 3 aliphatic rings. The van der Waals surface area contributed by atoms with Gasteiger partial charge >= 0.3 is 24.0 Å². The van der Waals surface area contributed by atoms with E-state index in [0.29, 0.717) is 12.2 Å².